The number of ether oxygens (including phenoxy) is 1. The number of sulfonamides is 1. The van der Waals surface area contributed by atoms with Crippen molar-refractivity contribution in [2.45, 2.75) is 11.8 Å². The van der Waals surface area contributed by atoms with Crippen LogP contribution in [0.15, 0.2) is 57.8 Å². The van der Waals surface area contributed by atoms with Gasteiger partial charge in [0.15, 0.2) is 0 Å². The molecule has 0 N–H and O–H groups in total. The number of hydrogen-bond donors (Lipinski definition) is 0. The first-order chi connectivity index (χ1) is 11.0. The van der Waals surface area contributed by atoms with E-state index < -0.39 is 10.0 Å². The first-order valence-electron chi connectivity index (χ1n) is 6.93. The first kappa shape index (κ1) is 17.0. The summed E-state index contributed by atoms with van der Waals surface area (Å²) in [4.78, 5) is 1.69. The summed E-state index contributed by atoms with van der Waals surface area (Å²) in [7, 11) is -2.30. The quantitative estimate of drug-likeness (QED) is 0.601. The van der Waals surface area contributed by atoms with Crippen molar-refractivity contribution in [1.29, 1.82) is 0 Å². The van der Waals surface area contributed by atoms with E-state index >= 15 is 0 Å². The van der Waals surface area contributed by atoms with E-state index in [4.69, 9.17) is 4.74 Å². The molecule has 7 heteroatoms. The number of nitrogens with zero attached hydrogens (tertiary/aromatic N) is 2. The second kappa shape index (κ2) is 7.23. The van der Waals surface area contributed by atoms with Crippen LogP contribution in [0.25, 0.3) is 0 Å². The lowest BCUT2D eigenvalue weighted by molar-refractivity contribution is 0.414. The van der Waals surface area contributed by atoms with Gasteiger partial charge in [0, 0.05) is 12.2 Å². The van der Waals surface area contributed by atoms with Crippen LogP contribution in [0.4, 0.5) is 10.1 Å². The second-order valence-electron chi connectivity index (χ2n) is 4.63. The van der Waals surface area contributed by atoms with Crippen LogP contribution >= 0.6 is 0 Å². The van der Waals surface area contributed by atoms with Gasteiger partial charge < -0.3 is 9.64 Å². The molecule has 0 fully saturated rings. The van der Waals surface area contributed by atoms with Gasteiger partial charge in [0.2, 0.25) is 0 Å². The molecule has 0 spiro atoms. The van der Waals surface area contributed by atoms with Crippen molar-refractivity contribution < 1.29 is 17.5 Å². The SMILES string of the molecule is CCN(/C=N/S(=O)(=O)c1ccc(OC)cc1)c1ccc(F)cc1. The molecule has 5 nitrogen and oxygen atoms in total. The molecule has 0 saturated heterocycles. The van der Waals surface area contributed by atoms with Gasteiger partial charge in [-0.05, 0) is 55.5 Å². The molecule has 0 unspecified atom stereocenters. The number of methoxy groups -OCH3 is 1. The van der Waals surface area contributed by atoms with E-state index in [-0.39, 0.29) is 10.7 Å². The maximum Gasteiger partial charge on any atom is 0.283 e. The normalized spacial score (nSPS) is 11.6. The minimum Gasteiger partial charge on any atom is -0.497 e. The van der Waals surface area contributed by atoms with Crippen molar-refractivity contribution in [1.82, 2.24) is 0 Å². The smallest absolute Gasteiger partial charge is 0.283 e. The maximum atomic E-state index is 13.0. The molecule has 122 valence electrons. The first-order valence-corrected chi connectivity index (χ1v) is 8.37. The molecule has 2 aromatic carbocycles. The summed E-state index contributed by atoms with van der Waals surface area (Å²) in [5, 5.41) is 0. The summed E-state index contributed by atoms with van der Waals surface area (Å²) in [6, 6.07) is 11.7. The zero-order valence-electron chi connectivity index (χ0n) is 12.8. The van der Waals surface area contributed by atoms with Gasteiger partial charge in [0.25, 0.3) is 10.0 Å². The van der Waals surface area contributed by atoms with Gasteiger partial charge in [-0.3, -0.25) is 0 Å². The molecule has 0 radical (unpaired) electrons. The van der Waals surface area contributed by atoms with Gasteiger partial charge in [-0.15, -0.1) is 4.40 Å². The highest BCUT2D eigenvalue weighted by atomic mass is 32.2. The molecule has 0 aliphatic rings. The molecular formula is C16H17FN2O3S. The minimum absolute atomic E-state index is 0.0738. The minimum atomic E-state index is -3.81. The van der Waals surface area contributed by atoms with Crippen molar-refractivity contribution in [3.63, 3.8) is 0 Å². The zero-order chi connectivity index (χ0) is 16.9. The Morgan fingerprint density at radius 3 is 2.26 bits per heavy atom. The van der Waals surface area contributed by atoms with Gasteiger partial charge in [-0.2, -0.15) is 8.42 Å². The van der Waals surface area contributed by atoms with Gasteiger partial charge >= 0.3 is 0 Å². The lowest BCUT2D eigenvalue weighted by Gasteiger charge is -2.16. The van der Waals surface area contributed by atoms with Crippen LogP contribution in [-0.4, -0.2) is 28.4 Å². The molecule has 23 heavy (non-hydrogen) atoms. The zero-order valence-corrected chi connectivity index (χ0v) is 13.6. The lowest BCUT2D eigenvalue weighted by Crippen LogP contribution is -2.21. The van der Waals surface area contributed by atoms with Gasteiger partial charge in [-0.1, -0.05) is 0 Å². The number of hydrogen-bond acceptors (Lipinski definition) is 3. The van der Waals surface area contributed by atoms with Crippen LogP contribution in [-0.2, 0) is 10.0 Å². The summed E-state index contributed by atoms with van der Waals surface area (Å²) < 4.78 is 46.1. The van der Waals surface area contributed by atoms with Crippen molar-refractivity contribution in [2.75, 3.05) is 18.6 Å². The van der Waals surface area contributed by atoms with E-state index in [1.54, 1.807) is 29.2 Å². The largest absolute Gasteiger partial charge is 0.497 e. The summed E-state index contributed by atoms with van der Waals surface area (Å²) in [6.07, 6.45) is 1.23. The molecule has 0 amide bonds. The monoisotopic (exact) mass is 336 g/mol. The van der Waals surface area contributed by atoms with Gasteiger partial charge in [0.05, 0.1) is 12.0 Å². The van der Waals surface area contributed by atoms with Gasteiger partial charge in [-0.25, -0.2) is 4.39 Å². The fourth-order valence-corrected chi connectivity index (χ4v) is 2.73. The van der Waals surface area contributed by atoms with Crippen molar-refractivity contribution in [3.8, 4) is 5.75 Å². The topological polar surface area (TPSA) is 59.0 Å². The van der Waals surface area contributed by atoms with Crippen LogP contribution in [0.3, 0.4) is 0 Å². The molecule has 0 bridgehead atoms. The third-order valence-electron chi connectivity index (χ3n) is 3.18. The molecule has 0 aliphatic heterocycles. The Morgan fingerprint density at radius 1 is 1.13 bits per heavy atom. The van der Waals surface area contributed by atoms with Gasteiger partial charge in [0.1, 0.15) is 17.9 Å². The third-order valence-corrected chi connectivity index (χ3v) is 4.42. The Morgan fingerprint density at radius 2 is 1.74 bits per heavy atom. The number of halogens is 1. The van der Waals surface area contributed by atoms with Crippen LogP contribution in [0.1, 0.15) is 6.92 Å². The van der Waals surface area contributed by atoms with Crippen LogP contribution < -0.4 is 9.64 Å². The molecule has 0 aromatic heterocycles. The highest BCUT2D eigenvalue weighted by Crippen LogP contribution is 2.18. The third kappa shape index (κ3) is 4.29. The molecular weight excluding hydrogens is 319 g/mol. The molecule has 0 saturated carbocycles. The summed E-state index contributed by atoms with van der Waals surface area (Å²) in [5.74, 6) is 0.210. The number of benzene rings is 2. The Kier molecular flexibility index (Phi) is 5.33. The Balaban J connectivity index is 2.22. The fraction of sp³-hybridized carbons (Fsp3) is 0.188. The lowest BCUT2D eigenvalue weighted by atomic mass is 10.3. The molecule has 0 atom stereocenters. The highest BCUT2D eigenvalue weighted by Gasteiger charge is 2.12. The Labute approximate surface area is 135 Å². The number of rotatable bonds is 6. The fourth-order valence-electron chi connectivity index (χ4n) is 1.89. The van der Waals surface area contributed by atoms with Crippen molar-refractivity contribution in [2.24, 2.45) is 4.40 Å². The molecule has 0 aliphatic carbocycles. The summed E-state index contributed by atoms with van der Waals surface area (Å²) in [6.45, 7) is 2.34. The van der Waals surface area contributed by atoms with Crippen LogP contribution in [0.2, 0.25) is 0 Å². The van der Waals surface area contributed by atoms with E-state index in [2.05, 4.69) is 4.40 Å². The molecule has 2 rings (SSSR count). The van der Waals surface area contributed by atoms with Crippen LogP contribution in [0.5, 0.6) is 5.75 Å². The Bertz CT molecular complexity index is 772. The van der Waals surface area contributed by atoms with E-state index in [1.165, 1.54) is 37.7 Å². The highest BCUT2D eigenvalue weighted by molar-refractivity contribution is 7.90. The molecule has 0 heterocycles. The molecule has 2 aromatic rings. The predicted octanol–water partition coefficient (Wildman–Crippen LogP) is 3.08. The van der Waals surface area contributed by atoms with Crippen molar-refractivity contribution in [3.05, 3.63) is 54.3 Å². The van der Waals surface area contributed by atoms with E-state index in [9.17, 15) is 12.8 Å². The van der Waals surface area contributed by atoms with E-state index in [1.807, 2.05) is 6.92 Å². The predicted molar refractivity (Wildman–Crippen MR) is 88.1 cm³/mol. The summed E-state index contributed by atoms with van der Waals surface area (Å²) in [5.41, 5.74) is 0.655. The van der Waals surface area contributed by atoms with Crippen LogP contribution in [0, 0.1) is 5.82 Å². The standard InChI is InChI=1S/C16H17FN2O3S/c1-3-19(14-6-4-13(17)5-7-14)12-18-23(20,21)16-10-8-15(22-2)9-11-16/h4-12H,3H2,1-2H3/b18-12+. The van der Waals surface area contributed by atoms with E-state index in [0.717, 1.165) is 0 Å². The summed E-state index contributed by atoms with van der Waals surface area (Å²) >= 11 is 0. The van der Waals surface area contributed by atoms with E-state index in [0.29, 0.717) is 18.0 Å². The average Bonchev–Trinajstić information content (AvgIpc) is 2.57. The second-order valence-corrected chi connectivity index (χ2v) is 6.27. The average molecular weight is 336 g/mol. The van der Waals surface area contributed by atoms with Crippen molar-refractivity contribution >= 4 is 22.0 Å². The maximum absolute atomic E-state index is 13.0. The Hall–Kier alpha value is -2.41. The number of anilines is 1.